The topological polar surface area (TPSA) is 116 Å². The van der Waals surface area contributed by atoms with Crippen LogP contribution in [-0.4, -0.2) is 65.9 Å². The maximum Gasteiger partial charge on any atom is 0.326 e. The number of hydrogen-bond acceptors (Lipinski definition) is 4. The van der Waals surface area contributed by atoms with E-state index in [9.17, 15) is 14.4 Å². The molecule has 0 spiro atoms. The average molecular weight is 262 g/mol. The maximum absolute atomic E-state index is 11.5. The van der Waals surface area contributed by atoms with Crippen molar-refractivity contribution < 1.29 is 29.3 Å². The molecule has 0 aliphatic carbocycles. The average Bonchev–Trinajstić information content (AvgIpc) is 2.27. The summed E-state index contributed by atoms with van der Waals surface area (Å²) < 4.78 is 5.04. The van der Waals surface area contributed by atoms with E-state index in [4.69, 9.17) is 14.9 Å². The van der Waals surface area contributed by atoms with Gasteiger partial charge in [-0.3, -0.25) is 4.79 Å². The Labute approximate surface area is 105 Å². The van der Waals surface area contributed by atoms with Crippen LogP contribution in [-0.2, 0) is 14.3 Å². The lowest BCUT2D eigenvalue weighted by Crippen LogP contribution is -2.48. The molecule has 0 aromatic heterocycles. The minimum absolute atomic E-state index is 0.291. The van der Waals surface area contributed by atoms with Gasteiger partial charge in [0.05, 0.1) is 13.0 Å². The molecule has 0 aliphatic heterocycles. The van der Waals surface area contributed by atoms with Crippen LogP contribution in [0.3, 0.4) is 0 Å². The quantitative estimate of drug-likeness (QED) is 0.512. The van der Waals surface area contributed by atoms with Gasteiger partial charge in [-0.2, -0.15) is 0 Å². The van der Waals surface area contributed by atoms with E-state index in [0.29, 0.717) is 19.8 Å². The minimum Gasteiger partial charge on any atom is -0.481 e. The van der Waals surface area contributed by atoms with Gasteiger partial charge in [0, 0.05) is 20.2 Å². The predicted octanol–water partition coefficient (Wildman–Crippen LogP) is -0.408. The van der Waals surface area contributed by atoms with Crippen molar-refractivity contribution in [3.05, 3.63) is 0 Å². The van der Waals surface area contributed by atoms with E-state index in [1.165, 1.54) is 11.9 Å². The number of aliphatic carboxylic acids is 2. The number of ether oxygens (including phenoxy) is 1. The Morgan fingerprint density at radius 3 is 2.39 bits per heavy atom. The van der Waals surface area contributed by atoms with E-state index >= 15 is 0 Å². The lowest BCUT2D eigenvalue weighted by atomic mass is 10.2. The van der Waals surface area contributed by atoms with E-state index in [-0.39, 0.29) is 0 Å². The fraction of sp³-hybridized carbons (Fsp3) is 0.700. The largest absolute Gasteiger partial charge is 0.481 e. The summed E-state index contributed by atoms with van der Waals surface area (Å²) in [6.45, 7) is 2.95. The third-order valence-corrected chi connectivity index (χ3v) is 2.10. The number of nitrogens with one attached hydrogen (secondary N) is 1. The van der Waals surface area contributed by atoms with Crippen LogP contribution >= 0.6 is 0 Å². The van der Waals surface area contributed by atoms with E-state index in [2.05, 4.69) is 5.32 Å². The van der Waals surface area contributed by atoms with Gasteiger partial charge < -0.3 is 25.2 Å². The number of carbonyl (C=O) groups excluding carboxylic acids is 1. The van der Waals surface area contributed by atoms with Crippen LogP contribution in [0.15, 0.2) is 0 Å². The molecule has 8 heteroatoms. The van der Waals surface area contributed by atoms with Gasteiger partial charge in [0.2, 0.25) is 0 Å². The van der Waals surface area contributed by atoms with Gasteiger partial charge in [-0.1, -0.05) is 0 Å². The van der Waals surface area contributed by atoms with Gasteiger partial charge in [0.25, 0.3) is 0 Å². The van der Waals surface area contributed by atoms with Crippen LogP contribution in [0.1, 0.15) is 13.3 Å². The highest BCUT2D eigenvalue weighted by molar-refractivity contribution is 5.86. The second-order valence-corrected chi connectivity index (χ2v) is 3.56. The van der Waals surface area contributed by atoms with Gasteiger partial charge in [-0.15, -0.1) is 0 Å². The summed E-state index contributed by atoms with van der Waals surface area (Å²) in [6.07, 6.45) is -0.666. The molecule has 0 saturated carbocycles. The van der Waals surface area contributed by atoms with Crippen LogP contribution in [0.2, 0.25) is 0 Å². The Balaban J connectivity index is 4.23. The minimum atomic E-state index is -1.44. The molecular formula is C10H18N2O6. The van der Waals surface area contributed by atoms with Gasteiger partial charge in [-0.05, 0) is 6.92 Å². The zero-order valence-electron chi connectivity index (χ0n) is 10.4. The molecule has 3 N–H and O–H groups in total. The summed E-state index contributed by atoms with van der Waals surface area (Å²) in [5.41, 5.74) is 0. The molecule has 0 rings (SSSR count). The standard InChI is InChI=1S/C10H18N2O6/c1-3-18-5-4-12(2)10(17)11-7(9(15)16)6-8(13)14/h7H,3-6H2,1-2H3,(H,11,17)(H,13,14)(H,15,16)/t7-/m0/s1. The highest BCUT2D eigenvalue weighted by atomic mass is 16.5. The molecular weight excluding hydrogens is 244 g/mol. The van der Waals surface area contributed by atoms with Crippen molar-refractivity contribution >= 4 is 18.0 Å². The number of carboxylic acid groups (broad SMARTS) is 2. The first-order valence-corrected chi connectivity index (χ1v) is 5.42. The zero-order valence-corrected chi connectivity index (χ0v) is 10.4. The SMILES string of the molecule is CCOCCN(C)C(=O)N[C@@H](CC(=O)O)C(=O)O. The summed E-state index contributed by atoms with van der Waals surface area (Å²) in [5, 5.41) is 19.4. The Kier molecular flexibility index (Phi) is 7.45. The van der Waals surface area contributed by atoms with Gasteiger partial charge >= 0.3 is 18.0 Å². The molecule has 0 aromatic rings. The fourth-order valence-electron chi connectivity index (χ4n) is 1.08. The van der Waals surface area contributed by atoms with Crippen LogP contribution in [0.25, 0.3) is 0 Å². The molecule has 18 heavy (non-hydrogen) atoms. The third-order valence-electron chi connectivity index (χ3n) is 2.10. The van der Waals surface area contributed by atoms with Crippen LogP contribution in [0, 0.1) is 0 Å². The molecule has 0 unspecified atom stereocenters. The first kappa shape index (κ1) is 16.2. The maximum atomic E-state index is 11.5. The molecule has 0 aliphatic rings. The lowest BCUT2D eigenvalue weighted by molar-refractivity contribution is -0.145. The van der Waals surface area contributed by atoms with Gasteiger partial charge in [0.15, 0.2) is 0 Å². The zero-order chi connectivity index (χ0) is 14.1. The Morgan fingerprint density at radius 1 is 1.33 bits per heavy atom. The second-order valence-electron chi connectivity index (χ2n) is 3.56. The Morgan fingerprint density at radius 2 is 1.94 bits per heavy atom. The van der Waals surface area contributed by atoms with Crippen molar-refractivity contribution in [2.75, 3.05) is 26.8 Å². The van der Waals surface area contributed by atoms with Crippen LogP contribution in [0.4, 0.5) is 4.79 Å². The third kappa shape index (κ3) is 6.69. The molecule has 0 heterocycles. The highest BCUT2D eigenvalue weighted by Gasteiger charge is 2.24. The molecule has 2 amide bonds. The van der Waals surface area contributed by atoms with E-state index in [1.54, 1.807) is 0 Å². The molecule has 8 nitrogen and oxygen atoms in total. The molecule has 0 fully saturated rings. The Hall–Kier alpha value is -1.83. The molecule has 1 atom stereocenters. The summed E-state index contributed by atoms with van der Waals surface area (Å²) in [6, 6.07) is -2.09. The smallest absolute Gasteiger partial charge is 0.326 e. The first-order valence-electron chi connectivity index (χ1n) is 5.42. The highest BCUT2D eigenvalue weighted by Crippen LogP contribution is 1.95. The van der Waals surface area contributed by atoms with Crippen molar-refractivity contribution in [2.45, 2.75) is 19.4 Å². The van der Waals surface area contributed by atoms with Crippen molar-refractivity contribution in [2.24, 2.45) is 0 Å². The van der Waals surface area contributed by atoms with Crippen molar-refractivity contribution in [1.82, 2.24) is 10.2 Å². The second kappa shape index (κ2) is 8.29. The summed E-state index contributed by atoms with van der Waals surface area (Å²) >= 11 is 0. The number of amides is 2. The number of urea groups is 1. The number of hydrogen-bond donors (Lipinski definition) is 3. The number of rotatable bonds is 8. The van der Waals surface area contributed by atoms with Crippen molar-refractivity contribution in [3.8, 4) is 0 Å². The van der Waals surface area contributed by atoms with Gasteiger partial charge in [-0.25, -0.2) is 9.59 Å². The van der Waals surface area contributed by atoms with E-state index in [1.807, 2.05) is 6.92 Å². The normalized spacial score (nSPS) is 11.7. The summed E-state index contributed by atoms with van der Waals surface area (Å²) in [5.74, 6) is -2.68. The Bertz CT molecular complexity index is 307. The molecule has 0 radical (unpaired) electrons. The van der Waals surface area contributed by atoms with Crippen molar-refractivity contribution in [1.29, 1.82) is 0 Å². The summed E-state index contributed by atoms with van der Waals surface area (Å²) in [7, 11) is 1.47. The number of nitrogens with zero attached hydrogens (tertiary/aromatic N) is 1. The number of likely N-dealkylation sites (N-methyl/N-ethyl adjacent to an activating group) is 1. The van der Waals surface area contributed by atoms with E-state index in [0.717, 1.165) is 0 Å². The molecule has 0 saturated heterocycles. The molecule has 104 valence electrons. The van der Waals surface area contributed by atoms with E-state index < -0.39 is 30.4 Å². The first-order chi connectivity index (χ1) is 8.38. The number of carboxylic acids is 2. The van der Waals surface area contributed by atoms with Crippen LogP contribution < -0.4 is 5.32 Å². The van der Waals surface area contributed by atoms with Crippen LogP contribution in [0.5, 0.6) is 0 Å². The molecule has 0 bridgehead atoms. The number of carbonyl (C=O) groups is 3. The molecule has 0 aromatic carbocycles. The van der Waals surface area contributed by atoms with Crippen molar-refractivity contribution in [3.63, 3.8) is 0 Å². The monoisotopic (exact) mass is 262 g/mol. The fourth-order valence-corrected chi connectivity index (χ4v) is 1.08. The summed E-state index contributed by atoms with van der Waals surface area (Å²) in [4.78, 5) is 33.9. The predicted molar refractivity (Wildman–Crippen MR) is 61.3 cm³/mol. The lowest BCUT2D eigenvalue weighted by Gasteiger charge is -2.20. The van der Waals surface area contributed by atoms with Gasteiger partial charge in [0.1, 0.15) is 6.04 Å².